The van der Waals surface area contributed by atoms with Gasteiger partial charge in [-0.2, -0.15) is 0 Å². The van der Waals surface area contributed by atoms with Gasteiger partial charge in [0.25, 0.3) is 0 Å². The molecule has 2 aromatic rings. The average molecular weight is 461 g/mol. The van der Waals surface area contributed by atoms with Crippen molar-refractivity contribution in [2.24, 2.45) is 0 Å². The highest BCUT2D eigenvalue weighted by Crippen LogP contribution is 2.33. The Bertz CT molecular complexity index is 997. The van der Waals surface area contributed by atoms with Gasteiger partial charge in [-0.15, -0.1) is 0 Å². The number of amides is 1. The molecule has 3 heterocycles. The van der Waals surface area contributed by atoms with Crippen LogP contribution in [0, 0.1) is 12.7 Å². The number of hydrogen-bond acceptors (Lipinski definition) is 4. The number of aryl methyl sites for hydroxylation is 1. The van der Waals surface area contributed by atoms with E-state index in [9.17, 15) is 9.18 Å². The van der Waals surface area contributed by atoms with Crippen molar-refractivity contribution in [1.29, 1.82) is 0 Å². The number of nitrogens with zero attached hydrogens (tertiary/aromatic N) is 4. The molecule has 0 aliphatic carbocycles. The smallest absolute Gasteiger partial charge is 0.410 e. The molecule has 0 bridgehead atoms. The largest absolute Gasteiger partial charge is 0.444 e. The summed E-state index contributed by atoms with van der Waals surface area (Å²) in [5.74, 6) is 0.0359. The van der Waals surface area contributed by atoms with Gasteiger partial charge >= 0.3 is 6.09 Å². The predicted molar refractivity (Wildman–Crippen MR) is 123 cm³/mol. The Morgan fingerprint density at radius 3 is 2.58 bits per heavy atom. The molecule has 1 amide bonds. The Morgan fingerprint density at radius 1 is 1.21 bits per heavy atom. The van der Waals surface area contributed by atoms with Gasteiger partial charge in [0.15, 0.2) is 0 Å². The standard InChI is InChI=1S/C25H34F2N4O2/c1-17-14-18(6-7-20(17)26)22-16-30(13-12-29-9-5-10-29)23(28-22)19-8-11-31(15-21(19)27)24(32)33-25(2,3)4/h6-7,14,16,19,21H,5,8-13,15H2,1-4H3. The van der Waals surface area contributed by atoms with Gasteiger partial charge in [-0.05, 0) is 77.4 Å². The third-order valence-corrected chi connectivity index (χ3v) is 6.39. The molecule has 33 heavy (non-hydrogen) atoms. The van der Waals surface area contributed by atoms with Crippen LogP contribution in [0.2, 0.25) is 0 Å². The van der Waals surface area contributed by atoms with E-state index in [4.69, 9.17) is 9.72 Å². The topological polar surface area (TPSA) is 50.6 Å². The van der Waals surface area contributed by atoms with Crippen LogP contribution < -0.4 is 0 Å². The number of alkyl halides is 1. The maximum absolute atomic E-state index is 15.4. The molecular formula is C25H34F2N4O2. The second-order valence-corrected chi connectivity index (χ2v) is 10.2. The molecular weight excluding hydrogens is 426 g/mol. The SMILES string of the molecule is Cc1cc(-c2cn(CCN3CCC3)c(C3CCN(C(=O)OC(C)(C)C)CC3F)n2)ccc1F. The van der Waals surface area contributed by atoms with Crippen LogP contribution in [0.5, 0.6) is 0 Å². The number of ether oxygens (including phenoxy) is 1. The maximum atomic E-state index is 15.4. The molecule has 2 unspecified atom stereocenters. The number of carbonyl (C=O) groups excluding carboxylic acids is 1. The van der Waals surface area contributed by atoms with E-state index in [0.29, 0.717) is 24.4 Å². The van der Waals surface area contributed by atoms with Crippen molar-refractivity contribution in [1.82, 2.24) is 19.4 Å². The van der Waals surface area contributed by atoms with Crippen molar-refractivity contribution in [2.75, 3.05) is 32.7 Å². The fourth-order valence-electron chi connectivity index (χ4n) is 4.39. The zero-order chi connectivity index (χ0) is 23.8. The van der Waals surface area contributed by atoms with E-state index >= 15 is 4.39 Å². The number of piperidine rings is 1. The number of imidazole rings is 1. The van der Waals surface area contributed by atoms with Crippen LogP contribution in [0.15, 0.2) is 24.4 Å². The minimum absolute atomic E-state index is 0.0104. The van der Waals surface area contributed by atoms with Crippen LogP contribution in [0.25, 0.3) is 11.3 Å². The van der Waals surface area contributed by atoms with E-state index in [1.807, 2.05) is 10.8 Å². The fraction of sp³-hybridized carbons (Fsp3) is 0.600. The lowest BCUT2D eigenvalue weighted by atomic mass is 9.94. The number of carbonyl (C=O) groups is 1. The quantitative estimate of drug-likeness (QED) is 0.645. The molecule has 0 saturated carbocycles. The molecule has 2 fully saturated rings. The fourth-order valence-corrected chi connectivity index (χ4v) is 4.39. The summed E-state index contributed by atoms with van der Waals surface area (Å²) in [5, 5.41) is 0. The average Bonchev–Trinajstić information content (AvgIpc) is 3.11. The zero-order valence-electron chi connectivity index (χ0n) is 20.0. The van der Waals surface area contributed by atoms with E-state index in [2.05, 4.69) is 4.90 Å². The molecule has 1 aromatic carbocycles. The van der Waals surface area contributed by atoms with E-state index < -0.39 is 23.8 Å². The van der Waals surface area contributed by atoms with Crippen LogP contribution in [-0.4, -0.2) is 69.9 Å². The maximum Gasteiger partial charge on any atom is 0.410 e. The number of benzene rings is 1. The van der Waals surface area contributed by atoms with Crippen LogP contribution in [0.3, 0.4) is 0 Å². The Balaban J connectivity index is 1.55. The van der Waals surface area contributed by atoms with Crippen molar-refractivity contribution < 1.29 is 18.3 Å². The Morgan fingerprint density at radius 2 is 1.97 bits per heavy atom. The zero-order valence-corrected chi connectivity index (χ0v) is 20.0. The molecule has 2 atom stereocenters. The van der Waals surface area contributed by atoms with E-state index in [1.165, 1.54) is 17.4 Å². The number of likely N-dealkylation sites (tertiary alicyclic amines) is 2. The molecule has 2 saturated heterocycles. The second-order valence-electron chi connectivity index (χ2n) is 10.2. The first-order valence-electron chi connectivity index (χ1n) is 11.8. The highest BCUT2D eigenvalue weighted by Gasteiger charge is 2.37. The lowest BCUT2D eigenvalue weighted by molar-refractivity contribution is 0.0105. The highest BCUT2D eigenvalue weighted by molar-refractivity contribution is 5.68. The number of aromatic nitrogens is 2. The summed E-state index contributed by atoms with van der Waals surface area (Å²) in [6.07, 6.45) is 1.93. The van der Waals surface area contributed by atoms with Crippen molar-refractivity contribution in [2.45, 2.75) is 64.8 Å². The molecule has 6 nitrogen and oxygen atoms in total. The first kappa shape index (κ1) is 23.7. The van der Waals surface area contributed by atoms with Crippen LogP contribution in [0.1, 0.15) is 50.9 Å². The molecule has 4 rings (SSSR count). The summed E-state index contributed by atoms with van der Waals surface area (Å²) in [5.41, 5.74) is 1.48. The van der Waals surface area contributed by atoms with Crippen LogP contribution in [0.4, 0.5) is 13.6 Å². The van der Waals surface area contributed by atoms with Gasteiger partial charge in [-0.25, -0.2) is 18.6 Å². The Labute approximate surface area is 194 Å². The summed E-state index contributed by atoms with van der Waals surface area (Å²) in [6, 6.07) is 4.94. The number of halogens is 2. The first-order valence-corrected chi connectivity index (χ1v) is 11.8. The normalized spacial score (nSPS) is 21.7. The summed E-state index contributed by atoms with van der Waals surface area (Å²) < 4.78 is 36.6. The number of rotatable bonds is 5. The first-order chi connectivity index (χ1) is 15.6. The van der Waals surface area contributed by atoms with E-state index in [0.717, 1.165) is 37.4 Å². The third-order valence-electron chi connectivity index (χ3n) is 6.39. The van der Waals surface area contributed by atoms with Gasteiger partial charge in [0.2, 0.25) is 0 Å². The van der Waals surface area contributed by atoms with Crippen LogP contribution >= 0.6 is 0 Å². The predicted octanol–water partition coefficient (Wildman–Crippen LogP) is 4.77. The van der Waals surface area contributed by atoms with Gasteiger partial charge in [0.1, 0.15) is 23.4 Å². The lowest BCUT2D eigenvalue weighted by Crippen LogP contribution is -2.46. The van der Waals surface area contributed by atoms with Crippen molar-refractivity contribution in [3.8, 4) is 11.3 Å². The minimum atomic E-state index is -1.24. The molecule has 0 N–H and O–H groups in total. The summed E-state index contributed by atoms with van der Waals surface area (Å²) in [4.78, 5) is 21.1. The van der Waals surface area contributed by atoms with Crippen molar-refractivity contribution in [3.63, 3.8) is 0 Å². The third kappa shape index (κ3) is 5.54. The van der Waals surface area contributed by atoms with Gasteiger partial charge in [0, 0.05) is 31.4 Å². The summed E-state index contributed by atoms with van der Waals surface area (Å²) in [6.45, 7) is 11.3. The molecule has 1 aromatic heterocycles. The second kappa shape index (κ2) is 9.41. The van der Waals surface area contributed by atoms with Gasteiger partial charge in [-0.1, -0.05) is 0 Å². The Hall–Kier alpha value is -2.48. The van der Waals surface area contributed by atoms with Crippen molar-refractivity contribution >= 4 is 6.09 Å². The molecule has 2 aliphatic rings. The lowest BCUT2D eigenvalue weighted by Gasteiger charge is -2.36. The van der Waals surface area contributed by atoms with E-state index in [-0.39, 0.29) is 12.4 Å². The molecule has 8 heteroatoms. The van der Waals surface area contributed by atoms with E-state index in [1.54, 1.807) is 39.8 Å². The molecule has 180 valence electrons. The molecule has 0 spiro atoms. The van der Waals surface area contributed by atoms with Crippen molar-refractivity contribution in [3.05, 3.63) is 41.6 Å². The molecule has 0 radical (unpaired) electrons. The number of hydrogen-bond donors (Lipinski definition) is 0. The Kier molecular flexibility index (Phi) is 6.75. The summed E-state index contributed by atoms with van der Waals surface area (Å²) in [7, 11) is 0. The van der Waals surface area contributed by atoms with Gasteiger partial charge < -0.3 is 19.1 Å². The highest BCUT2D eigenvalue weighted by atomic mass is 19.1. The monoisotopic (exact) mass is 460 g/mol. The summed E-state index contributed by atoms with van der Waals surface area (Å²) >= 11 is 0. The molecule has 2 aliphatic heterocycles. The van der Waals surface area contributed by atoms with Gasteiger partial charge in [-0.3, -0.25) is 0 Å². The van der Waals surface area contributed by atoms with Gasteiger partial charge in [0.05, 0.1) is 18.2 Å². The van der Waals surface area contributed by atoms with Crippen LogP contribution in [-0.2, 0) is 11.3 Å². The minimum Gasteiger partial charge on any atom is -0.444 e.